The SMILES string of the molecule is CCn1c(SCC(=O)Nc2ccc(OC)c(Cl)c2)nnc1-c1ccccn1. The number of aromatic nitrogens is 4. The van der Waals surface area contributed by atoms with Gasteiger partial charge in [0.1, 0.15) is 11.4 Å². The maximum absolute atomic E-state index is 12.3. The van der Waals surface area contributed by atoms with Crippen molar-refractivity contribution < 1.29 is 9.53 Å². The van der Waals surface area contributed by atoms with E-state index in [0.717, 1.165) is 5.69 Å². The van der Waals surface area contributed by atoms with E-state index in [0.29, 0.717) is 34.0 Å². The van der Waals surface area contributed by atoms with Gasteiger partial charge in [0.2, 0.25) is 5.91 Å². The van der Waals surface area contributed by atoms with Crippen LogP contribution < -0.4 is 10.1 Å². The number of halogens is 1. The lowest BCUT2D eigenvalue weighted by Crippen LogP contribution is -2.14. The molecule has 0 bridgehead atoms. The number of pyridine rings is 1. The van der Waals surface area contributed by atoms with Crippen molar-refractivity contribution in [3.63, 3.8) is 0 Å². The van der Waals surface area contributed by atoms with Gasteiger partial charge in [-0.05, 0) is 37.3 Å². The zero-order valence-electron chi connectivity index (χ0n) is 14.8. The number of nitrogens with one attached hydrogen (secondary N) is 1. The van der Waals surface area contributed by atoms with E-state index in [1.165, 1.54) is 11.8 Å². The Morgan fingerprint density at radius 1 is 1.30 bits per heavy atom. The van der Waals surface area contributed by atoms with Crippen molar-refractivity contribution in [2.75, 3.05) is 18.2 Å². The molecule has 7 nitrogen and oxygen atoms in total. The second kappa shape index (κ2) is 8.88. The minimum atomic E-state index is -0.161. The number of amides is 1. The zero-order valence-corrected chi connectivity index (χ0v) is 16.4. The van der Waals surface area contributed by atoms with Crippen molar-refractivity contribution in [1.82, 2.24) is 19.7 Å². The fourth-order valence-corrected chi connectivity index (χ4v) is 3.50. The summed E-state index contributed by atoms with van der Waals surface area (Å²) in [7, 11) is 1.54. The molecule has 9 heteroatoms. The number of benzene rings is 1. The van der Waals surface area contributed by atoms with Crippen LogP contribution in [0.5, 0.6) is 5.75 Å². The summed E-state index contributed by atoms with van der Waals surface area (Å²) in [6.45, 7) is 2.68. The first-order valence-electron chi connectivity index (χ1n) is 8.23. The van der Waals surface area contributed by atoms with Crippen LogP contribution in [-0.2, 0) is 11.3 Å². The highest BCUT2D eigenvalue weighted by molar-refractivity contribution is 7.99. The summed E-state index contributed by atoms with van der Waals surface area (Å²) in [5, 5.41) is 12.3. The maximum Gasteiger partial charge on any atom is 0.234 e. The standard InChI is InChI=1S/C18H18ClN5O2S/c1-3-24-17(14-6-4-5-9-20-14)22-23-18(24)27-11-16(25)21-12-7-8-15(26-2)13(19)10-12/h4-10H,3,11H2,1-2H3,(H,21,25). The van der Waals surface area contributed by atoms with Gasteiger partial charge in [-0.1, -0.05) is 29.4 Å². The largest absolute Gasteiger partial charge is 0.495 e. The molecule has 0 aliphatic rings. The van der Waals surface area contributed by atoms with Gasteiger partial charge in [0.15, 0.2) is 11.0 Å². The molecular weight excluding hydrogens is 386 g/mol. The van der Waals surface area contributed by atoms with Crippen molar-refractivity contribution in [1.29, 1.82) is 0 Å². The Kier molecular flexibility index (Phi) is 6.31. The predicted octanol–water partition coefficient (Wildman–Crippen LogP) is 3.75. The van der Waals surface area contributed by atoms with Crippen LogP contribution in [-0.4, -0.2) is 38.5 Å². The molecule has 2 heterocycles. The first-order valence-corrected chi connectivity index (χ1v) is 9.59. The zero-order chi connectivity index (χ0) is 19.2. The van der Waals surface area contributed by atoms with Gasteiger partial charge >= 0.3 is 0 Å². The summed E-state index contributed by atoms with van der Waals surface area (Å²) in [6, 6.07) is 10.7. The molecule has 0 atom stereocenters. The van der Waals surface area contributed by atoms with Crippen LogP contribution in [0.15, 0.2) is 47.8 Å². The first kappa shape index (κ1) is 19.2. The Morgan fingerprint density at radius 2 is 2.15 bits per heavy atom. The van der Waals surface area contributed by atoms with Crippen molar-refractivity contribution in [3.8, 4) is 17.3 Å². The molecule has 0 saturated carbocycles. The van der Waals surface area contributed by atoms with Crippen molar-refractivity contribution in [2.45, 2.75) is 18.6 Å². The van der Waals surface area contributed by atoms with E-state index in [9.17, 15) is 4.79 Å². The average Bonchev–Trinajstić information content (AvgIpc) is 3.10. The molecule has 1 N–H and O–H groups in total. The van der Waals surface area contributed by atoms with Crippen LogP contribution in [0.4, 0.5) is 5.69 Å². The number of nitrogens with zero attached hydrogens (tertiary/aromatic N) is 4. The fraction of sp³-hybridized carbons (Fsp3) is 0.222. The smallest absolute Gasteiger partial charge is 0.234 e. The summed E-state index contributed by atoms with van der Waals surface area (Å²) < 4.78 is 7.04. The number of carbonyl (C=O) groups excluding carboxylic acids is 1. The van der Waals surface area contributed by atoms with Gasteiger partial charge in [-0.25, -0.2) is 0 Å². The molecule has 27 heavy (non-hydrogen) atoms. The number of ether oxygens (including phenoxy) is 1. The lowest BCUT2D eigenvalue weighted by molar-refractivity contribution is -0.113. The van der Waals surface area contributed by atoms with Crippen molar-refractivity contribution in [3.05, 3.63) is 47.6 Å². The topological polar surface area (TPSA) is 81.9 Å². The number of carbonyl (C=O) groups is 1. The summed E-state index contributed by atoms with van der Waals surface area (Å²) in [4.78, 5) is 16.6. The van der Waals surface area contributed by atoms with Crippen LogP contribution >= 0.6 is 23.4 Å². The molecule has 3 aromatic rings. The van der Waals surface area contributed by atoms with E-state index in [2.05, 4.69) is 20.5 Å². The van der Waals surface area contributed by atoms with E-state index < -0.39 is 0 Å². The molecule has 2 aromatic heterocycles. The van der Waals surface area contributed by atoms with Crippen LogP contribution in [0.3, 0.4) is 0 Å². The Bertz CT molecular complexity index is 933. The number of rotatable bonds is 7. The van der Waals surface area contributed by atoms with Crippen LogP contribution in [0.25, 0.3) is 11.5 Å². The maximum atomic E-state index is 12.3. The molecule has 3 rings (SSSR count). The summed E-state index contributed by atoms with van der Waals surface area (Å²) in [5.74, 6) is 1.28. The molecule has 0 fully saturated rings. The highest BCUT2D eigenvalue weighted by Gasteiger charge is 2.15. The fourth-order valence-electron chi connectivity index (χ4n) is 2.44. The summed E-state index contributed by atoms with van der Waals surface area (Å²) in [5.41, 5.74) is 1.36. The van der Waals surface area contributed by atoms with Crippen molar-refractivity contribution in [2.24, 2.45) is 0 Å². The normalized spacial score (nSPS) is 10.6. The van der Waals surface area contributed by atoms with Gasteiger partial charge in [-0.15, -0.1) is 10.2 Å². The second-order valence-electron chi connectivity index (χ2n) is 5.45. The minimum Gasteiger partial charge on any atom is -0.495 e. The minimum absolute atomic E-state index is 0.161. The molecular formula is C18H18ClN5O2S. The molecule has 1 aromatic carbocycles. The predicted molar refractivity (Wildman–Crippen MR) is 106 cm³/mol. The molecule has 1 amide bonds. The number of hydrogen-bond acceptors (Lipinski definition) is 6. The number of hydrogen-bond donors (Lipinski definition) is 1. The van der Waals surface area contributed by atoms with Crippen LogP contribution in [0, 0.1) is 0 Å². The monoisotopic (exact) mass is 403 g/mol. The Balaban J connectivity index is 1.65. The van der Waals surface area contributed by atoms with Crippen LogP contribution in [0.1, 0.15) is 6.92 Å². The third-order valence-corrected chi connectivity index (χ3v) is 4.96. The second-order valence-corrected chi connectivity index (χ2v) is 6.80. The van der Waals surface area contributed by atoms with Crippen molar-refractivity contribution >= 4 is 35.0 Å². The molecule has 0 unspecified atom stereocenters. The van der Waals surface area contributed by atoms with E-state index in [4.69, 9.17) is 16.3 Å². The lowest BCUT2D eigenvalue weighted by atomic mass is 10.3. The molecule has 0 radical (unpaired) electrons. The number of thioether (sulfide) groups is 1. The van der Waals surface area contributed by atoms with Gasteiger partial charge < -0.3 is 14.6 Å². The van der Waals surface area contributed by atoms with Gasteiger partial charge in [0.25, 0.3) is 0 Å². The molecule has 0 aliphatic carbocycles. The Labute approximate surface area is 166 Å². The molecule has 0 spiro atoms. The molecule has 0 saturated heterocycles. The van der Waals surface area contributed by atoms with Gasteiger partial charge in [0.05, 0.1) is 17.9 Å². The van der Waals surface area contributed by atoms with E-state index in [1.54, 1.807) is 31.5 Å². The van der Waals surface area contributed by atoms with Gasteiger partial charge in [-0.3, -0.25) is 9.78 Å². The summed E-state index contributed by atoms with van der Waals surface area (Å²) in [6.07, 6.45) is 1.71. The van der Waals surface area contributed by atoms with E-state index >= 15 is 0 Å². The first-order chi connectivity index (χ1) is 13.1. The average molecular weight is 404 g/mol. The quantitative estimate of drug-likeness (QED) is 0.605. The number of methoxy groups -OCH3 is 1. The third kappa shape index (κ3) is 4.58. The third-order valence-electron chi connectivity index (χ3n) is 3.69. The highest BCUT2D eigenvalue weighted by Crippen LogP contribution is 2.27. The lowest BCUT2D eigenvalue weighted by Gasteiger charge is -2.09. The van der Waals surface area contributed by atoms with E-state index in [1.807, 2.05) is 29.7 Å². The van der Waals surface area contributed by atoms with Crippen LogP contribution in [0.2, 0.25) is 5.02 Å². The highest BCUT2D eigenvalue weighted by atomic mass is 35.5. The Morgan fingerprint density at radius 3 is 2.81 bits per heavy atom. The number of anilines is 1. The molecule has 0 aliphatic heterocycles. The summed E-state index contributed by atoms with van der Waals surface area (Å²) >= 11 is 7.40. The van der Waals surface area contributed by atoms with E-state index in [-0.39, 0.29) is 11.7 Å². The van der Waals surface area contributed by atoms with Gasteiger partial charge in [0, 0.05) is 18.4 Å². The Hall–Kier alpha value is -2.58. The molecule has 140 valence electrons. The van der Waals surface area contributed by atoms with Gasteiger partial charge in [-0.2, -0.15) is 0 Å².